The minimum atomic E-state index is 0.821. The zero-order chi connectivity index (χ0) is 10.3. The predicted molar refractivity (Wildman–Crippen MR) is 62.8 cm³/mol. The van der Waals surface area contributed by atoms with E-state index in [9.17, 15) is 0 Å². The van der Waals surface area contributed by atoms with E-state index < -0.39 is 0 Å². The van der Waals surface area contributed by atoms with Gasteiger partial charge < -0.3 is 5.73 Å². The number of rotatable bonds is 2. The van der Waals surface area contributed by atoms with E-state index in [4.69, 9.17) is 5.73 Å². The van der Waals surface area contributed by atoms with Gasteiger partial charge in [-0.05, 0) is 61.1 Å². The van der Waals surface area contributed by atoms with Crippen LogP contribution in [-0.2, 0) is 6.42 Å². The highest BCUT2D eigenvalue weighted by atomic mass is 14.6. The molecule has 0 radical (unpaired) electrons. The molecular formula is C14H19N. The number of fused-ring (bicyclic) bond motifs is 1. The van der Waals surface area contributed by atoms with Gasteiger partial charge in [-0.2, -0.15) is 0 Å². The van der Waals surface area contributed by atoms with Crippen LogP contribution >= 0.6 is 0 Å². The van der Waals surface area contributed by atoms with Gasteiger partial charge in [0.1, 0.15) is 0 Å². The fraction of sp³-hybridized carbons (Fsp3) is 0.571. The van der Waals surface area contributed by atoms with Crippen molar-refractivity contribution < 1.29 is 0 Å². The molecule has 0 amide bonds. The van der Waals surface area contributed by atoms with Crippen molar-refractivity contribution in [2.45, 2.75) is 31.6 Å². The van der Waals surface area contributed by atoms with Crippen molar-refractivity contribution in [1.29, 1.82) is 0 Å². The molecule has 1 saturated carbocycles. The zero-order valence-corrected chi connectivity index (χ0v) is 9.15. The minimum Gasteiger partial charge on any atom is -0.330 e. The molecule has 2 aliphatic carbocycles. The number of benzene rings is 1. The van der Waals surface area contributed by atoms with Crippen LogP contribution in [0.1, 0.15) is 36.3 Å². The van der Waals surface area contributed by atoms with Gasteiger partial charge >= 0.3 is 0 Å². The highest BCUT2D eigenvalue weighted by Crippen LogP contribution is 2.52. The van der Waals surface area contributed by atoms with Crippen LogP contribution < -0.4 is 5.73 Å². The summed E-state index contributed by atoms with van der Waals surface area (Å²) >= 11 is 0. The van der Waals surface area contributed by atoms with Crippen LogP contribution in [0.25, 0.3) is 0 Å². The van der Waals surface area contributed by atoms with Crippen LogP contribution in [0.4, 0.5) is 0 Å². The van der Waals surface area contributed by atoms with Gasteiger partial charge in [-0.25, -0.2) is 0 Å². The number of aryl methyl sites for hydroxylation is 1. The Kier molecular flexibility index (Phi) is 2.28. The second kappa shape index (κ2) is 3.64. The summed E-state index contributed by atoms with van der Waals surface area (Å²) in [5.41, 5.74) is 8.97. The van der Waals surface area contributed by atoms with Crippen LogP contribution in [0.15, 0.2) is 24.3 Å². The first-order valence-corrected chi connectivity index (χ1v) is 6.18. The van der Waals surface area contributed by atoms with Crippen LogP contribution in [0.5, 0.6) is 0 Å². The second-order valence-corrected chi connectivity index (χ2v) is 5.09. The lowest BCUT2D eigenvalue weighted by Gasteiger charge is -2.25. The molecule has 80 valence electrons. The fourth-order valence-corrected chi connectivity index (χ4v) is 3.27. The third-order valence-corrected chi connectivity index (χ3v) is 4.21. The average Bonchev–Trinajstić information content (AvgIpc) is 3.07. The van der Waals surface area contributed by atoms with E-state index in [1.165, 1.54) is 25.7 Å². The van der Waals surface area contributed by atoms with Gasteiger partial charge in [-0.1, -0.05) is 24.3 Å². The molecule has 0 aliphatic heterocycles. The number of hydrogen-bond donors (Lipinski definition) is 1. The summed E-state index contributed by atoms with van der Waals surface area (Å²) in [4.78, 5) is 0. The smallest absolute Gasteiger partial charge is 0.00459 e. The van der Waals surface area contributed by atoms with Crippen LogP contribution in [0.2, 0.25) is 0 Å². The molecule has 1 heteroatoms. The van der Waals surface area contributed by atoms with Crippen molar-refractivity contribution in [3.63, 3.8) is 0 Å². The van der Waals surface area contributed by atoms with E-state index in [0.717, 1.165) is 24.3 Å². The van der Waals surface area contributed by atoms with Gasteiger partial charge in [0, 0.05) is 0 Å². The molecular weight excluding hydrogens is 182 g/mol. The molecule has 1 aromatic rings. The summed E-state index contributed by atoms with van der Waals surface area (Å²) < 4.78 is 0. The predicted octanol–water partition coefficient (Wildman–Crippen LogP) is 2.70. The van der Waals surface area contributed by atoms with E-state index in [-0.39, 0.29) is 0 Å². The van der Waals surface area contributed by atoms with Crippen molar-refractivity contribution in [3.05, 3.63) is 35.4 Å². The van der Waals surface area contributed by atoms with Crippen LogP contribution in [0.3, 0.4) is 0 Å². The molecule has 3 unspecified atom stereocenters. The van der Waals surface area contributed by atoms with E-state index in [2.05, 4.69) is 24.3 Å². The van der Waals surface area contributed by atoms with E-state index in [0.29, 0.717) is 0 Å². The monoisotopic (exact) mass is 201 g/mol. The number of hydrogen-bond acceptors (Lipinski definition) is 1. The molecule has 1 nitrogen and oxygen atoms in total. The molecule has 2 aliphatic rings. The molecule has 0 saturated heterocycles. The van der Waals surface area contributed by atoms with Gasteiger partial charge in [0.25, 0.3) is 0 Å². The van der Waals surface area contributed by atoms with E-state index in [1.807, 2.05) is 0 Å². The molecule has 1 fully saturated rings. The summed E-state index contributed by atoms with van der Waals surface area (Å²) in [7, 11) is 0. The lowest BCUT2D eigenvalue weighted by atomic mass is 9.79. The third kappa shape index (κ3) is 1.59. The highest BCUT2D eigenvalue weighted by Gasteiger charge is 2.43. The van der Waals surface area contributed by atoms with Gasteiger partial charge in [0.2, 0.25) is 0 Å². The van der Waals surface area contributed by atoms with Gasteiger partial charge in [0.15, 0.2) is 0 Å². The Balaban J connectivity index is 1.87. The molecule has 1 aromatic carbocycles. The molecule has 0 spiro atoms. The largest absolute Gasteiger partial charge is 0.330 e. The standard InChI is InChI=1S/C14H19N/c15-9-11-8-14(11)13-7-3-5-10-4-1-2-6-12(10)13/h1-2,4,6,11,13-14H,3,5,7-9,15H2. The lowest BCUT2D eigenvalue weighted by Crippen LogP contribution is -2.14. The van der Waals surface area contributed by atoms with Gasteiger partial charge in [-0.3, -0.25) is 0 Å². The van der Waals surface area contributed by atoms with Crippen molar-refractivity contribution in [2.24, 2.45) is 17.6 Å². The Morgan fingerprint density at radius 1 is 1.27 bits per heavy atom. The van der Waals surface area contributed by atoms with E-state index >= 15 is 0 Å². The first kappa shape index (κ1) is 9.41. The van der Waals surface area contributed by atoms with Gasteiger partial charge in [0.05, 0.1) is 0 Å². The average molecular weight is 201 g/mol. The Labute approximate surface area is 91.7 Å². The summed E-state index contributed by atoms with van der Waals surface area (Å²) in [6.45, 7) is 0.892. The zero-order valence-electron chi connectivity index (χ0n) is 9.15. The normalized spacial score (nSPS) is 33.5. The third-order valence-electron chi connectivity index (χ3n) is 4.21. The Hall–Kier alpha value is -0.820. The molecule has 0 bridgehead atoms. The summed E-state index contributed by atoms with van der Waals surface area (Å²) in [5, 5.41) is 0. The summed E-state index contributed by atoms with van der Waals surface area (Å²) in [6, 6.07) is 9.01. The molecule has 2 N–H and O–H groups in total. The van der Waals surface area contributed by atoms with E-state index in [1.54, 1.807) is 11.1 Å². The molecule has 0 heterocycles. The molecule has 3 atom stereocenters. The lowest BCUT2D eigenvalue weighted by molar-refractivity contribution is 0.479. The van der Waals surface area contributed by atoms with Crippen molar-refractivity contribution in [2.75, 3.05) is 6.54 Å². The minimum absolute atomic E-state index is 0.821. The Morgan fingerprint density at radius 3 is 2.93 bits per heavy atom. The maximum absolute atomic E-state index is 5.75. The first-order chi connectivity index (χ1) is 7.40. The SMILES string of the molecule is NCC1CC1C1CCCc2ccccc21. The number of nitrogens with two attached hydrogens (primary N) is 1. The second-order valence-electron chi connectivity index (χ2n) is 5.09. The molecule has 0 aromatic heterocycles. The molecule has 3 rings (SSSR count). The Bertz CT molecular complexity index is 358. The highest BCUT2D eigenvalue weighted by molar-refractivity contribution is 5.34. The van der Waals surface area contributed by atoms with Crippen molar-refractivity contribution in [1.82, 2.24) is 0 Å². The van der Waals surface area contributed by atoms with Crippen LogP contribution in [-0.4, -0.2) is 6.54 Å². The maximum atomic E-state index is 5.75. The Morgan fingerprint density at radius 2 is 2.13 bits per heavy atom. The van der Waals surface area contributed by atoms with Crippen molar-refractivity contribution >= 4 is 0 Å². The van der Waals surface area contributed by atoms with Crippen molar-refractivity contribution in [3.8, 4) is 0 Å². The fourth-order valence-electron chi connectivity index (χ4n) is 3.27. The van der Waals surface area contributed by atoms with Crippen LogP contribution in [0, 0.1) is 11.8 Å². The first-order valence-electron chi connectivity index (χ1n) is 6.18. The summed E-state index contributed by atoms with van der Waals surface area (Å²) in [5.74, 6) is 2.54. The topological polar surface area (TPSA) is 26.0 Å². The molecule has 15 heavy (non-hydrogen) atoms. The van der Waals surface area contributed by atoms with Gasteiger partial charge in [-0.15, -0.1) is 0 Å². The maximum Gasteiger partial charge on any atom is -0.00459 e. The quantitative estimate of drug-likeness (QED) is 0.782. The summed E-state index contributed by atoms with van der Waals surface area (Å²) in [6.07, 6.45) is 5.41.